The number of nitriles is 1. The second-order valence-corrected chi connectivity index (χ2v) is 17.2. The van der Waals surface area contributed by atoms with Crippen LogP contribution in [0, 0.1) is 11.3 Å². The predicted octanol–water partition coefficient (Wildman–Crippen LogP) is 6.06. The van der Waals surface area contributed by atoms with Crippen molar-refractivity contribution in [2.24, 2.45) is 0 Å². The summed E-state index contributed by atoms with van der Waals surface area (Å²) < 4.78 is 7.01. The van der Waals surface area contributed by atoms with Crippen LogP contribution in [-0.2, 0) is 4.43 Å². The molecule has 0 amide bonds. The third kappa shape index (κ3) is 3.75. The molecule has 0 heterocycles. The van der Waals surface area contributed by atoms with Crippen LogP contribution in [0.4, 0.5) is 0 Å². The summed E-state index contributed by atoms with van der Waals surface area (Å²) in [5, 5.41) is 9.13. The van der Waals surface area contributed by atoms with Crippen molar-refractivity contribution in [1.82, 2.24) is 0 Å². The van der Waals surface area contributed by atoms with Crippen molar-refractivity contribution < 1.29 is 4.43 Å². The highest BCUT2D eigenvalue weighted by atomic mass is 28.4. The van der Waals surface area contributed by atoms with Crippen LogP contribution in [0.25, 0.3) is 0 Å². The third-order valence-corrected chi connectivity index (χ3v) is 12.6. The molecular formula is C22H27NOSi2. The first-order valence-corrected chi connectivity index (χ1v) is 15.4. The van der Waals surface area contributed by atoms with Gasteiger partial charge in [-0.05, 0) is 36.3 Å². The highest BCUT2D eigenvalue weighted by Gasteiger charge is 2.44. The van der Waals surface area contributed by atoms with Crippen molar-refractivity contribution in [2.45, 2.75) is 43.0 Å². The summed E-state index contributed by atoms with van der Waals surface area (Å²) in [5.74, 6) is 0. The molecule has 0 fully saturated rings. The van der Waals surface area contributed by atoms with E-state index in [-0.39, 0.29) is 5.73 Å². The van der Waals surface area contributed by atoms with Crippen molar-refractivity contribution in [3.63, 3.8) is 0 Å². The van der Waals surface area contributed by atoms with Gasteiger partial charge in [0.15, 0.2) is 8.32 Å². The molecule has 0 radical (unpaired) electrons. The monoisotopic (exact) mass is 377 g/mol. The van der Waals surface area contributed by atoms with Gasteiger partial charge in [0.2, 0.25) is 0 Å². The number of nitrogens with zero attached hydrogens (tertiary/aromatic N) is 1. The molecule has 4 heteroatoms. The van der Waals surface area contributed by atoms with Gasteiger partial charge in [-0.3, -0.25) is 0 Å². The summed E-state index contributed by atoms with van der Waals surface area (Å²) in [6.45, 7) is 9.48. The number of hydrogen-bond donors (Lipinski definition) is 0. The molecular weight excluding hydrogens is 350 g/mol. The Morgan fingerprint density at radius 2 is 1.35 bits per heavy atom. The van der Waals surface area contributed by atoms with Crippen LogP contribution in [-0.4, -0.2) is 16.4 Å². The van der Waals surface area contributed by atoms with Crippen molar-refractivity contribution in [1.29, 1.82) is 5.26 Å². The van der Waals surface area contributed by atoms with E-state index in [9.17, 15) is 0 Å². The van der Waals surface area contributed by atoms with Crippen LogP contribution in [0.1, 0.15) is 16.9 Å². The van der Waals surface area contributed by atoms with Crippen LogP contribution in [0.15, 0.2) is 72.9 Å². The van der Waals surface area contributed by atoms with Gasteiger partial charge >= 0.3 is 0 Å². The zero-order valence-electron chi connectivity index (χ0n) is 16.0. The minimum absolute atomic E-state index is 0.108. The predicted molar refractivity (Wildman–Crippen MR) is 114 cm³/mol. The van der Waals surface area contributed by atoms with E-state index in [4.69, 9.17) is 9.69 Å². The van der Waals surface area contributed by atoms with Crippen LogP contribution in [0.3, 0.4) is 0 Å². The molecule has 0 aromatic heterocycles. The van der Waals surface area contributed by atoms with Gasteiger partial charge in [-0.25, -0.2) is 0 Å². The Morgan fingerprint density at radius 1 is 0.846 bits per heavy atom. The lowest BCUT2D eigenvalue weighted by molar-refractivity contribution is 0.261. The van der Waals surface area contributed by atoms with E-state index in [0.717, 1.165) is 0 Å². The zero-order valence-corrected chi connectivity index (χ0v) is 18.0. The van der Waals surface area contributed by atoms with Gasteiger partial charge in [0.05, 0.1) is 25.4 Å². The zero-order chi connectivity index (χ0) is 18.8. The molecule has 0 saturated heterocycles. The molecule has 1 aromatic carbocycles. The molecule has 134 valence electrons. The molecule has 1 atom stereocenters. The minimum atomic E-state index is -1.95. The number of hydrogen-bond acceptors (Lipinski definition) is 2. The lowest BCUT2D eigenvalue weighted by Crippen LogP contribution is -2.47. The molecule has 0 spiro atoms. The summed E-state index contributed by atoms with van der Waals surface area (Å²) >= 11 is 0. The smallest absolute Gasteiger partial charge is 0.197 e. The molecule has 0 aliphatic heterocycles. The Bertz CT molecular complexity index is 786. The summed E-state index contributed by atoms with van der Waals surface area (Å²) in [6, 6.07) is 10.2. The van der Waals surface area contributed by atoms with Gasteiger partial charge in [-0.15, -0.1) is 0 Å². The maximum Gasteiger partial charge on any atom is 0.197 e. The number of rotatable bonds is 6. The molecule has 1 aromatic rings. The van der Waals surface area contributed by atoms with Crippen LogP contribution in [0.2, 0.25) is 37.3 Å². The number of allylic oxidation sites excluding steroid dienone is 8. The maximum absolute atomic E-state index is 9.13. The summed E-state index contributed by atoms with van der Waals surface area (Å²) in [6.07, 6.45) is 17.7. The first-order chi connectivity index (χ1) is 12.3. The lowest BCUT2D eigenvalue weighted by Gasteiger charge is -2.42. The van der Waals surface area contributed by atoms with Gasteiger partial charge in [0.1, 0.15) is 0 Å². The van der Waals surface area contributed by atoms with Crippen LogP contribution < -0.4 is 0 Å². The fourth-order valence-electron chi connectivity index (χ4n) is 3.76. The standard InChI is InChI=1S/C22H27NOSi2/c1-25(2,20-9-5-6-10-20)22(19-15-13-18(17-23)14-16-19)24-26(3,4)21-11-7-8-12-21/h5-16,20-22H,1-4H3. The molecule has 2 aliphatic carbocycles. The van der Waals surface area contributed by atoms with Crippen molar-refractivity contribution >= 4 is 16.4 Å². The van der Waals surface area contributed by atoms with E-state index >= 15 is 0 Å². The van der Waals surface area contributed by atoms with E-state index in [1.165, 1.54) is 5.56 Å². The Balaban J connectivity index is 1.96. The van der Waals surface area contributed by atoms with Gasteiger partial charge in [0, 0.05) is 5.54 Å². The molecule has 0 N–H and O–H groups in total. The second-order valence-electron chi connectivity index (χ2n) is 8.25. The van der Waals surface area contributed by atoms with Crippen molar-refractivity contribution in [3.8, 4) is 6.07 Å². The van der Waals surface area contributed by atoms with Crippen LogP contribution in [0.5, 0.6) is 0 Å². The lowest BCUT2D eigenvalue weighted by atomic mass is 10.1. The molecule has 26 heavy (non-hydrogen) atoms. The van der Waals surface area contributed by atoms with Gasteiger partial charge < -0.3 is 4.43 Å². The fraction of sp³-hybridized carbons (Fsp3) is 0.318. The van der Waals surface area contributed by atoms with Gasteiger partial charge in [0.25, 0.3) is 0 Å². The fourth-order valence-corrected chi connectivity index (χ4v) is 10.6. The average molecular weight is 378 g/mol. The van der Waals surface area contributed by atoms with E-state index in [0.29, 0.717) is 16.6 Å². The number of benzene rings is 1. The molecule has 0 bridgehead atoms. The first-order valence-electron chi connectivity index (χ1n) is 9.22. The molecule has 2 aliphatic rings. The van der Waals surface area contributed by atoms with Gasteiger partial charge in [-0.2, -0.15) is 5.26 Å². The maximum atomic E-state index is 9.13. The largest absolute Gasteiger partial charge is 0.412 e. The Morgan fingerprint density at radius 3 is 1.85 bits per heavy atom. The highest BCUT2D eigenvalue weighted by Crippen LogP contribution is 2.43. The first kappa shape index (κ1) is 18.8. The molecule has 0 saturated carbocycles. The Hall–Kier alpha value is -1.94. The van der Waals surface area contributed by atoms with Gasteiger partial charge in [-0.1, -0.05) is 73.8 Å². The van der Waals surface area contributed by atoms with Crippen molar-refractivity contribution in [2.75, 3.05) is 0 Å². The Kier molecular flexibility index (Phi) is 5.33. The van der Waals surface area contributed by atoms with E-state index < -0.39 is 16.4 Å². The quantitative estimate of drug-likeness (QED) is 0.564. The summed E-state index contributed by atoms with van der Waals surface area (Å²) in [4.78, 5) is 0. The Labute approximate surface area is 159 Å². The minimum Gasteiger partial charge on any atom is -0.412 e. The normalized spacial score (nSPS) is 18.6. The SMILES string of the molecule is C[Si](C)(OC(c1ccc(C#N)cc1)[Si](C)(C)C1C=CC=C1)C1C=CC=C1. The topological polar surface area (TPSA) is 33.0 Å². The van der Waals surface area contributed by atoms with E-state index in [1.54, 1.807) is 0 Å². The van der Waals surface area contributed by atoms with E-state index in [1.807, 2.05) is 12.1 Å². The average Bonchev–Trinajstić information content (AvgIpc) is 3.33. The third-order valence-electron chi connectivity index (χ3n) is 5.60. The molecule has 3 rings (SSSR count). The molecule has 2 nitrogen and oxygen atoms in total. The summed E-state index contributed by atoms with van der Waals surface area (Å²) in [7, 11) is -3.77. The van der Waals surface area contributed by atoms with Crippen LogP contribution >= 0.6 is 0 Å². The highest BCUT2D eigenvalue weighted by molar-refractivity contribution is 6.82. The molecule has 1 unspecified atom stereocenters. The van der Waals surface area contributed by atoms with E-state index in [2.05, 4.69) is 93.0 Å². The second kappa shape index (κ2) is 7.36. The van der Waals surface area contributed by atoms with Crippen molar-refractivity contribution in [3.05, 3.63) is 84.0 Å². The summed E-state index contributed by atoms with van der Waals surface area (Å²) in [5.41, 5.74) is 2.91.